The highest BCUT2D eigenvalue weighted by molar-refractivity contribution is 5.89. The molecule has 5 rings (SSSR count). The Balaban J connectivity index is 1.32. The van der Waals surface area contributed by atoms with Crippen LogP contribution in [0.15, 0.2) is 0 Å². The molecule has 0 radical (unpaired) electrons. The zero-order valence-electron chi connectivity index (χ0n) is 17.9. The van der Waals surface area contributed by atoms with Crippen LogP contribution in [0.4, 0.5) is 0 Å². The number of ether oxygens (including phenoxy) is 1. The second kappa shape index (κ2) is 8.27. The largest absolute Gasteiger partial charge is 0.454 e. The van der Waals surface area contributed by atoms with Gasteiger partial charge in [0.1, 0.15) is 6.04 Å². The van der Waals surface area contributed by atoms with Crippen LogP contribution in [0.25, 0.3) is 0 Å². The second-order valence-corrected chi connectivity index (χ2v) is 10.5. The lowest BCUT2D eigenvalue weighted by Crippen LogP contribution is -2.57. The highest BCUT2D eigenvalue weighted by Gasteiger charge is 2.55. The minimum Gasteiger partial charge on any atom is -0.454 e. The molecule has 5 fully saturated rings. The van der Waals surface area contributed by atoms with Crippen LogP contribution in [-0.2, 0) is 19.1 Å². The smallest absolute Gasteiger partial charge is 0.329 e. The number of amides is 2. The van der Waals surface area contributed by atoms with Crippen molar-refractivity contribution in [3.05, 3.63) is 0 Å². The molecule has 2 amide bonds. The lowest BCUT2D eigenvalue weighted by molar-refractivity contribution is -0.157. The van der Waals surface area contributed by atoms with Crippen molar-refractivity contribution in [2.45, 2.75) is 90.1 Å². The molecule has 29 heavy (non-hydrogen) atoms. The number of nitrogens with one attached hydrogen (secondary N) is 2. The third kappa shape index (κ3) is 4.46. The minimum atomic E-state index is -0.699. The van der Waals surface area contributed by atoms with E-state index in [1.807, 2.05) is 13.8 Å². The Labute approximate surface area is 173 Å². The van der Waals surface area contributed by atoms with Crippen LogP contribution in [0, 0.1) is 29.1 Å². The lowest BCUT2D eigenvalue weighted by atomic mass is 9.49. The first-order chi connectivity index (χ1) is 13.8. The van der Waals surface area contributed by atoms with Gasteiger partial charge in [0, 0.05) is 11.5 Å². The maximum atomic E-state index is 13.3. The zero-order chi connectivity index (χ0) is 20.6. The summed E-state index contributed by atoms with van der Waals surface area (Å²) in [4.78, 5) is 38.0. The van der Waals surface area contributed by atoms with E-state index in [1.54, 1.807) is 0 Å². The SMILES string of the molecule is CC(C)[C@@H](NC(=O)C12CC3CC(CC(C3)C1)C2)C(=O)OCC(=O)NC1CCCC1. The van der Waals surface area contributed by atoms with Crippen LogP contribution in [0.1, 0.15) is 78.1 Å². The molecule has 0 aromatic carbocycles. The Hall–Kier alpha value is -1.59. The van der Waals surface area contributed by atoms with Gasteiger partial charge in [-0.3, -0.25) is 9.59 Å². The quantitative estimate of drug-likeness (QED) is 0.639. The molecule has 2 N–H and O–H groups in total. The average Bonchev–Trinajstić information content (AvgIpc) is 3.15. The molecule has 0 aliphatic heterocycles. The van der Waals surface area contributed by atoms with E-state index >= 15 is 0 Å². The van der Waals surface area contributed by atoms with Crippen molar-refractivity contribution in [3.63, 3.8) is 0 Å². The van der Waals surface area contributed by atoms with Crippen molar-refractivity contribution >= 4 is 17.8 Å². The zero-order valence-corrected chi connectivity index (χ0v) is 17.9. The summed E-state index contributed by atoms with van der Waals surface area (Å²) in [6.45, 7) is 3.54. The van der Waals surface area contributed by atoms with Gasteiger partial charge in [-0.15, -0.1) is 0 Å². The number of rotatable bonds is 7. The molecular weight excluding hydrogens is 368 g/mol. The fraction of sp³-hybridized carbons (Fsp3) is 0.870. The summed E-state index contributed by atoms with van der Waals surface area (Å²) in [7, 11) is 0. The number of carbonyl (C=O) groups is 3. The number of carbonyl (C=O) groups excluding carboxylic acids is 3. The molecule has 4 bridgehead atoms. The van der Waals surface area contributed by atoms with Crippen LogP contribution in [-0.4, -0.2) is 36.5 Å². The fourth-order valence-corrected chi connectivity index (χ4v) is 6.75. The summed E-state index contributed by atoms with van der Waals surface area (Å²) in [5, 5.41) is 5.95. The van der Waals surface area contributed by atoms with E-state index in [0.717, 1.165) is 44.9 Å². The molecular formula is C23H36N2O4. The van der Waals surface area contributed by atoms with E-state index in [9.17, 15) is 14.4 Å². The summed E-state index contributed by atoms with van der Waals surface area (Å²) in [6.07, 6.45) is 11.0. The van der Waals surface area contributed by atoms with Crippen molar-refractivity contribution in [1.82, 2.24) is 10.6 Å². The molecule has 5 aliphatic rings. The van der Waals surface area contributed by atoms with Crippen molar-refractivity contribution < 1.29 is 19.1 Å². The first-order valence-corrected chi connectivity index (χ1v) is 11.6. The number of hydrogen-bond acceptors (Lipinski definition) is 4. The van der Waals surface area contributed by atoms with E-state index in [1.165, 1.54) is 19.3 Å². The molecule has 1 atom stereocenters. The molecule has 162 valence electrons. The third-order valence-corrected chi connectivity index (χ3v) is 7.79. The summed E-state index contributed by atoms with van der Waals surface area (Å²) in [5.74, 6) is 1.22. The van der Waals surface area contributed by atoms with Crippen molar-refractivity contribution in [2.75, 3.05) is 6.61 Å². The monoisotopic (exact) mass is 404 g/mol. The second-order valence-electron chi connectivity index (χ2n) is 10.5. The van der Waals surface area contributed by atoms with Gasteiger partial charge in [-0.25, -0.2) is 4.79 Å². The Morgan fingerprint density at radius 2 is 1.52 bits per heavy atom. The van der Waals surface area contributed by atoms with Crippen molar-refractivity contribution in [3.8, 4) is 0 Å². The van der Waals surface area contributed by atoms with Gasteiger partial charge in [0.05, 0.1) is 0 Å². The van der Waals surface area contributed by atoms with Gasteiger partial charge in [-0.2, -0.15) is 0 Å². The van der Waals surface area contributed by atoms with E-state index in [2.05, 4.69) is 10.6 Å². The number of esters is 1. The van der Waals surface area contributed by atoms with E-state index in [4.69, 9.17) is 4.74 Å². The standard InChI is InChI=1S/C23H36N2O4/c1-14(2)20(21(27)29-13-19(26)24-18-5-3-4-6-18)25-22(28)23-10-15-7-16(11-23)9-17(8-15)12-23/h14-18,20H,3-13H2,1-2H3,(H,24,26)(H,25,28)/t15?,16?,17?,20-,23?/m1/s1. The topological polar surface area (TPSA) is 84.5 Å². The highest BCUT2D eigenvalue weighted by atomic mass is 16.5. The Bertz CT molecular complexity index is 618. The summed E-state index contributed by atoms with van der Waals surface area (Å²) in [5.41, 5.74) is -0.290. The molecule has 0 aromatic heterocycles. The average molecular weight is 405 g/mol. The fourth-order valence-electron chi connectivity index (χ4n) is 6.75. The third-order valence-electron chi connectivity index (χ3n) is 7.79. The molecule has 5 saturated carbocycles. The highest BCUT2D eigenvalue weighted by Crippen LogP contribution is 2.60. The van der Waals surface area contributed by atoms with Crippen molar-refractivity contribution in [2.24, 2.45) is 29.1 Å². The maximum absolute atomic E-state index is 13.3. The molecule has 0 heterocycles. The van der Waals surface area contributed by atoms with Crippen molar-refractivity contribution in [1.29, 1.82) is 0 Å². The summed E-state index contributed by atoms with van der Waals surface area (Å²) in [6, 6.07) is -0.493. The lowest BCUT2D eigenvalue weighted by Gasteiger charge is -2.55. The maximum Gasteiger partial charge on any atom is 0.329 e. The normalized spacial score (nSPS) is 34.2. The predicted molar refractivity (Wildman–Crippen MR) is 109 cm³/mol. The Morgan fingerprint density at radius 1 is 0.966 bits per heavy atom. The molecule has 0 aromatic rings. The van der Waals surface area contributed by atoms with Gasteiger partial charge in [0.15, 0.2) is 6.61 Å². The van der Waals surface area contributed by atoms with Crippen LogP contribution in [0.5, 0.6) is 0 Å². The molecule has 0 saturated heterocycles. The van der Waals surface area contributed by atoms with Crippen LogP contribution >= 0.6 is 0 Å². The summed E-state index contributed by atoms with van der Waals surface area (Å²) >= 11 is 0. The molecule has 6 heteroatoms. The first-order valence-electron chi connectivity index (χ1n) is 11.6. The first kappa shape index (κ1) is 20.7. The van der Waals surface area contributed by atoms with Gasteiger partial charge in [-0.1, -0.05) is 26.7 Å². The van der Waals surface area contributed by atoms with Gasteiger partial charge in [0.25, 0.3) is 5.91 Å². The van der Waals surface area contributed by atoms with Gasteiger partial charge in [-0.05, 0) is 75.0 Å². The summed E-state index contributed by atoms with van der Waals surface area (Å²) < 4.78 is 5.29. The van der Waals surface area contributed by atoms with E-state index in [-0.39, 0.29) is 35.8 Å². The van der Waals surface area contributed by atoms with E-state index in [0.29, 0.717) is 17.8 Å². The molecule has 6 nitrogen and oxygen atoms in total. The van der Waals surface area contributed by atoms with Crippen LogP contribution < -0.4 is 10.6 Å². The van der Waals surface area contributed by atoms with E-state index < -0.39 is 12.0 Å². The molecule has 0 spiro atoms. The van der Waals surface area contributed by atoms with Crippen LogP contribution in [0.3, 0.4) is 0 Å². The Kier molecular flexibility index (Phi) is 5.90. The van der Waals surface area contributed by atoms with Gasteiger partial charge >= 0.3 is 5.97 Å². The Morgan fingerprint density at radius 3 is 2.03 bits per heavy atom. The molecule has 0 unspecified atom stereocenters. The predicted octanol–water partition coefficient (Wildman–Crippen LogP) is 2.95. The van der Waals surface area contributed by atoms with Gasteiger partial charge < -0.3 is 15.4 Å². The number of hydrogen-bond donors (Lipinski definition) is 2. The molecule has 5 aliphatic carbocycles. The minimum absolute atomic E-state index is 0.0302. The van der Waals surface area contributed by atoms with Gasteiger partial charge in [0.2, 0.25) is 5.91 Å². The van der Waals surface area contributed by atoms with Crippen LogP contribution in [0.2, 0.25) is 0 Å².